The van der Waals surface area contributed by atoms with Crippen LogP contribution in [-0.2, 0) is 0 Å². The van der Waals surface area contributed by atoms with Crippen molar-refractivity contribution in [1.29, 1.82) is 0 Å². The molecule has 98 valence electrons. The number of rotatable bonds is 2. The van der Waals surface area contributed by atoms with Crippen LogP contribution in [0.15, 0.2) is 18.2 Å². The maximum atomic E-state index is 11.7. The van der Waals surface area contributed by atoms with Crippen LogP contribution in [-0.4, -0.2) is 17.2 Å². The van der Waals surface area contributed by atoms with Crippen molar-refractivity contribution < 1.29 is 9.90 Å². The zero-order valence-electron chi connectivity index (χ0n) is 10.1. The summed E-state index contributed by atoms with van der Waals surface area (Å²) in [6, 6.07) is 4.65. The van der Waals surface area contributed by atoms with E-state index in [9.17, 15) is 9.90 Å². The number of hydrogen-bond donors (Lipinski definition) is 3. The fraction of sp³-hybridized carbons (Fsp3) is 0.462. The SMILES string of the molecule is O=C(Nc1ccc(O)c(Cl)c1)NC1CCCCC1. The first-order valence-electron chi connectivity index (χ1n) is 6.21. The zero-order valence-corrected chi connectivity index (χ0v) is 10.8. The number of amides is 2. The highest BCUT2D eigenvalue weighted by atomic mass is 35.5. The van der Waals surface area contributed by atoms with Gasteiger partial charge in [-0.2, -0.15) is 0 Å². The highest BCUT2D eigenvalue weighted by Gasteiger charge is 2.15. The number of urea groups is 1. The number of aromatic hydroxyl groups is 1. The molecule has 1 aliphatic rings. The molecule has 18 heavy (non-hydrogen) atoms. The highest BCUT2D eigenvalue weighted by Crippen LogP contribution is 2.26. The molecule has 1 fully saturated rings. The molecule has 4 nitrogen and oxygen atoms in total. The molecule has 5 heteroatoms. The van der Waals surface area contributed by atoms with E-state index in [0.717, 1.165) is 12.8 Å². The summed E-state index contributed by atoms with van der Waals surface area (Å²) < 4.78 is 0. The summed E-state index contributed by atoms with van der Waals surface area (Å²) in [5.41, 5.74) is 0.575. The Morgan fingerprint density at radius 2 is 2.00 bits per heavy atom. The normalized spacial score (nSPS) is 16.3. The monoisotopic (exact) mass is 268 g/mol. The molecular formula is C13H17ClN2O2. The summed E-state index contributed by atoms with van der Waals surface area (Å²) >= 11 is 5.77. The minimum atomic E-state index is -0.219. The van der Waals surface area contributed by atoms with Gasteiger partial charge in [0, 0.05) is 11.7 Å². The first-order valence-corrected chi connectivity index (χ1v) is 6.59. The summed E-state index contributed by atoms with van der Waals surface area (Å²) in [6.45, 7) is 0. The standard InChI is InChI=1S/C13H17ClN2O2/c14-11-8-10(6-7-12(11)17)16-13(18)15-9-4-2-1-3-5-9/h6-9,17H,1-5H2,(H2,15,16,18). The molecule has 1 saturated carbocycles. The number of benzene rings is 1. The molecule has 0 atom stereocenters. The van der Waals surface area contributed by atoms with E-state index in [0.29, 0.717) is 5.69 Å². The summed E-state index contributed by atoms with van der Waals surface area (Å²) in [7, 11) is 0. The molecule has 0 aliphatic heterocycles. The molecular weight excluding hydrogens is 252 g/mol. The van der Waals surface area contributed by atoms with Gasteiger partial charge in [0.2, 0.25) is 0 Å². The van der Waals surface area contributed by atoms with Crippen molar-refractivity contribution >= 4 is 23.3 Å². The van der Waals surface area contributed by atoms with E-state index in [2.05, 4.69) is 10.6 Å². The second kappa shape index (κ2) is 5.96. The second-order valence-corrected chi connectivity index (χ2v) is 5.01. The van der Waals surface area contributed by atoms with Gasteiger partial charge in [0.1, 0.15) is 5.75 Å². The molecule has 0 heterocycles. The number of carbonyl (C=O) groups excluding carboxylic acids is 1. The lowest BCUT2D eigenvalue weighted by atomic mass is 9.96. The summed E-state index contributed by atoms with van der Waals surface area (Å²) in [6.07, 6.45) is 5.70. The minimum absolute atomic E-state index is 0.00917. The summed E-state index contributed by atoms with van der Waals surface area (Å²) in [5, 5.41) is 15.2. The van der Waals surface area contributed by atoms with Crippen LogP contribution in [0, 0.1) is 0 Å². The number of halogens is 1. The smallest absolute Gasteiger partial charge is 0.319 e. The fourth-order valence-electron chi connectivity index (χ4n) is 2.18. The molecule has 0 unspecified atom stereocenters. The molecule has 0 saturated heterocycles. The molecule has 1 aromatic carbocycles. The Kier molecular flexibility index (Phi) is 4.31. The molecule has 1 aromatic rings. The van der Waals surface area contributed by atoms with Gasteiger partial charge in [-0.1, -0.05) is 30.9 Å². The van der Waals surface area contributed by atoms with Crippen LogP contribution in [0.2, 0.25) is 5.02 Å². The van der Waals surface area contributed by atoms with Crippen molar-refractivity contribution in [1.82, 2.24) is 5.32 Å². The zero-order chi connectivity index (χ0) is 13.0. The van der Waals surface area contributed by atoms with Crippen LogP contribution in [0.25, 0.3) is 0 Å². The molecule has 0 bridgehead atoms. The van der Waals surface area contributed by atoms with Gasteiger partial charge < -0.3 is 15.7 Å². The van der Waals surface area contributed by atoms with Gasteiger partial charge in [-0.25, -0.2) is 4.79 Å². The largest absolute Gasteiger partial charge is 0.506 e. The third-order valence-electron chi connectivity index (χ3n) is 3.15. The fourth-order valence-corrected chi connectivity index (χ4v) is 2.36. The van der Waals surface area contributed by atoms with Crippen molar-refractivity contribution in [3.8, 4) is 5.75 Å². The lowest BCUT2D eigenvalue weighted by Crippen LogP contribution is -2.38. The highest BCUT2D eigenvalue weighted by molar-refractivity contribution is 6.32. The van der Waals surface area contributed by atoms with Gasteiger partial charge in [-0.15, -0.1) is 0 Å². The van der Waals surface area contributed by atoms with Crippen LogP contribution in [0.1, 0.15) is 32.1 Å². The molecule has 0 aromatic heterocycles. The van der Waals surface area contributed by atoms with Crippen LogP contribution < -0.4 is 10.6 Å². The van der Waals surface area contributed by atoms with E-state index in [-0.39, 0.29) is 22.8 Å². The Morgan fingerprint density at radius 1 is 1.28 bits per heavy atom. The molecule has 2 rings (SSSR count). The van der Waals surface area contributed by atoms with Crippen LogP contribution in [0.5, 0.6) is 5.75 Å². The van der Waals surface area contributed by atoms with E-state index >= 15 is 0 Å². The van der Waals surface area contributed by atoms with Crippen LogP contribution in [0.4, 0.5) is 10.5 Å². The molecule has 0 radical (unpaired) electrons. The maximum absolute atomic E-state index is 11.7. The van der Waals surface area contributed by atoms with E-state index in [4.69, 9.17) is 11.6 Å². The van der Waals surface area contributed by atoms with Crippen molar-refractivity contribution in [2.24, 2.45) is 0 Å². The summed E-state index contributed by atoms with van der Waals surface area (Å²) in [5.74, 6) is 0.00917. The van der Waals surface area contributed by atoms with Crippen molar-refractivity contribution in [2.45, 2.75) is 38.1 Å². The Labute approximate surface area is 111 Å². The van der Waals surface area contributed by atoms with E-state index in [1.54, 1.807) is 6.07 Å². The van der Waals surface area contributed by atoms with Gasteiger partial charge >= 0.3 is 6.03 Å². The van der Waals surface area contributed by atoms with E-state index in [1.807, 2.05) is 0 Å². The number of carbonyl (C=O) groups is 1. The van der Waals surface area contributed by atoms with Crippen molar-refractivity contribution in [2.75, 3.05) is 5.32 Å². The van der Waals surface area contributed by atoms with Crippen molar-refractivity contribution in [3.63, 3.8) is 0 Å². The average Bonchev–Trinajstić information content (AvgIpc) is 2.35. The number of nitrogens with one attached hydrogen (secondary N) is 2. The number of phenolic OH excluding ortho intramolecular Hbond substituents is 1. The second-order valence-electron chi connectivity index (χ2n) is 4.60. The topological polar surface area (TPSA) is 61.4 Å². The first-order chi connectivity index (χ1) is 8.65. The molecule has 2 amide bonds. The lowest BCUT2D eigenvalue weighted by Gasteiger charge is -2.22. The predicted molar refractivity (Wildman–Crippen MR) is 72.1 cm³/mol. The van der Waals surface area contributed by atoms with Gasteiger partial charge in [0.15, 0.2) is 0 Å². The van der Waals surface area contributed by atoms with Crippen molar-refractivity contribution in [3.05, 3.63) is 23.2 Å². The number of hydrogen-bond acceptors (Lipinski definition) is 2. The average molecular weight is 269 g/mol. The van der Waals surface area contributed by atoms with E-state index in [1.165, 1.54) is 31.4 Å². The third kappa shape index (κ3) is 3.53. The molecule has 1 aliphatic carbocycles. The summed E-state index contributed by atoms with van der Waals surface area (Å²) in [4.78, 5) is 11.7. The van der Waals surface area contributed by atoms with E-state index < -0.39 is 0 Å². The number of anilines is 1. The molecule has 0 spiro atoms. The first kappa shape index (κ1) is 13.0. The Bertz CT molecular complexity index is 431. The van der Waals surface area contributed by atoms with Gasteiger partial charge in [-0.3, -0.25) is 0 Å². The van der Waals surface area contributed by atoms with Gasteiger partial charge in [0.05, 0.1) is 5.02 Å². The minimum Gasteiger partial charge on any atom is -0.506 e. The van der Waals surface area contributed by atoms with Gasteiger partial charge in [0.25, 0.3) is 0 Å². The Hall–Kier alpha value is -1.42. The lowest BCUT2D eigenvalue weighted by molar-refractivity contribution is 0.244. The third-order valence-corrected chi connectivity index (χ3v) is 3.45. The van der Waals surface area contributed by atoms with Crippen LogP contribution >= 0.6 is 11.6 Å². The van der Waals surface area contributed by atoms with Crippen LogP contribution in [0.3, 0.4) is 0 Å². The molecule has 3 N–H and O–H groups in total. The predicted octanol–water partition coefficient (Wildman–Crippen LogP) is 3.50. The Balaban J connectivity index is 1.88. The quantitative estimate of drug-likeness (QED) is 0.719. The number of phenols is 1. The van der Waals surface area contributed by atoms with Gasteiger partial charge in [-0.05, 0) is 31.0 Å². The maximum Gasteiger partial charge on any atom is 0.319 e. The Morgan fingerprint density at radius 3 is 2.67 bits per heavy atom.